The molecule has 0 aliphatic carbocycles. The molecule has 7 nitrogen and oxygen atoms in total. The maximum atomic E-state index is 6.20. The third-order valence-electron chi connectivity index (χ3n) is 4.50. The monoisotopic (exact) mass is 406 g/mol. The molecule has 2 unspecified atom stereocenters. The second kappa shape index (κ2) is 10.9. The quantitative estimate of drug-likeness (QED) is 0.495. The Hall–Kier alpha value is -2.25. The molecule has 2 atom stereocenters. The lowest BCUT2D eigenvalue weighted by atomic mass is 10.1. The molecule has 2 rings (SSSR count). The minimum Gasteiger partial charge on any atom is -0.487 e. The topological polar surface area (TPSA) is 66.7 Å². The van der Waals surface area contributed by atoms with E-state index in [1.165, 1.54) is 0 Å². The smallest absolute Gasteiger partial charge is 0.191 e. The van der Waals surface area contributed by atoms with Crippen molar-refractivity contribution in [2.45, 2.75) is 25.5 Å². The maximum Gasteiger partial charge on any atom is 0.191 e. The van der Waals surface area contributed by atoms with Gasteiger partial charge in [-0.15, -0.1) is 0 Å². The van der Waals surface area contributed by atoms with E-state index in [1.807, 2.05) is 48.4 Å². The second-order valence-corrected chi connectivity index (χ2v) is 7.25. The first kappa shape index (κ1) is 22.0. The van der Waals surface area contributed by atoms with E-state index >= 15 is 0 Å². The largest absolute Gasteiger partial charge is 0.487 e. The van der Waals surface area contributed by atoms with Crippen molar-refractivity contribution in [2.24, 2.45) is 12.0 Å². The van der Waals surface area contributed by atoms with Crippen LogP contribution in [-0.4, -0.2) is 61.0 Å². The lowest BCUT2D eigenvalue weighted by Gasteiger charge is -2.25. The van der Waals surface area contributed by atoms with Crippen LogP contribution in [0.25, 0.3) is 0 Å². The molecule has 0 aliphatic heterocycles. The van der Waals surface area contributed by atoms with Crippen molar-refractivity contribution in [3.8, 4) is 5.75 Å². The molecule has 1 aromatic heterocycles. The van der Waals surface area contributed by atoms with Crippen LogP contribution < -0.4 is 15.4 Å². The van der Waals surface area contributed by atoms with Gasteiger partial charge in [-0.3, -0.25) is 9.67 Å². The number of likely N-dealkylation sites (N-methyl/N-ethyl adjacent to an activating group) is 1. The van der Waals surface area contributed by atoms with Crippen molar-refractivity contribution >= 4 is 17.6 Å². The number of para-hydroxylation sites is 1. The first-order chi connectivity index (χ1) is 13.4. The minimum atomic E-state index is -0.0126. The molecule has 8 heteroatoms. The Morgan fingerprint density at radius 1 is 1.29 bits per heavy atom. The zero-order valence-electron chi connectivity index (χ0n) is 17.3. The van der Waals surface area contributed by atoms with Gasteiger partial charge in [0.05, 0.1) is 23.8 Å². The van der Waals surface area contributed by atoms with Gasteiger partial charge >= 0.3 is 0 Å². The fourth-order valence-electron chi connectivity index (χ4n) is 2.82. The maximum absolute atomic E-state index is 6.20. The summed E-state index contributed by atoms with van der Waals surface area (Å²) in [5.74, 6) is 1.43. The third kappa shape index (κ3) is 6.42. The van der Waals surface area contributed by atoms with Crippen molar-refractivity contribution in [3.05, 3.63) is 47.2 Å². The minimum absolute atomic E-state index is 0.0126. The molecule has 2 aromatic rings. The average molecular weight is 407 g/mol. The number of aryl methyl sites for hydroxylation is 1. The van der Waals surface area contributed by atoms with Crippen molar-refractivity contribution in [1.82, 2.24) is 25.3 Å². The molecule has 0 spiro atoms. The molecule has 1 aromatic carbocycles. The van der Waals surface area contributed by atoms with E-state index in [0.29, 0.717) is 23.9 Å². The SMILES string of the molecule is CCC(CNC(=NC)NCC(c1cnn(C)c1)N(C)C)Oc1ccccc1Cl. The second-order valence-electron chi connectivity index (χ2n) is 6.84. The van der Waals surface area contributed by atoms with Crippen molar-refractivity contribution in [1.29, 1.82) is 0 Å². The Morgan fingerprint density at radius 2 is 2.00 bits per heavy atom. The van der Waals surface area contributed by atoms with Crippen molar-refractivity contribution in [2.75, 3.05) is 34.2 Å². The summed E-state index contributed by atoms with van der Waals surface area (Å²) >= 11 is 6.20. The fourth-order valence-corrected chi connectivity index (χ4v) is 3.00. The molecule has 0 saturated heterocycles. The van der Waals surface area contributed by atoms with Gasteiger partial charge in [0, 0.05) is 32.4 Å². The highest BCUT2D eigenvalue weighted by Gasteiger charge is 2.17. The van der Waals surface area contributed by atoms with Gasteiger partial charge in [0.2, 0.25) is 0 Å². The number of nitrogens with one attached hydrogen (secondary N) is 2. The molecule has 0 saturated carbocycles. The zero-order chi connectivity index (χ0) is 20.5. The standard InChI is InChI=1S/C20H31ClN6O/c1-6-16(28-19-10-8-7-9-17(19)21)12-23-20(22-2)24-13-18(26(3)4)15-11-25-27(5)14-15/h7-11,14,16,18H,6,12-13H2,1-5H3,(H2,22,23,24). The Bertz CT molecular complexity index is 761. The number of ether oxygens (including phenoxy) is 1. The lowest BCUT2D eigenvalue weighted by Crippen LogP contribution is -2.45. The lowest BCUT2D eigenvalue weighted by molar-refractivity contribution is 0.199. The molecule has 154 valence electrons. The van der Waals surface area contributed by atoms with Crippen LogP contribution in [0.15, 0.2) is 41.7 Å². The first-order valence-corrected chi connectivity index (χ1v) is 9.83. The van der Waals surface area contributed by atoms with Gasteiger partial charge in [-0.2, -0.15) is 5.10 Å². The van der Waals surface area contributed by atoms with E-state index in [2.05, 4.69) is 46.6 Å². The number of rotatable bonds is 9. The van der Waals surface area contributed by atoms with Gasteiger partial charge in [-0.25, -0.2) is 0 Å². The fraction of sp³-hybridized carbons (Fsp3) is 0.500. The van der Waals surface area contributed by atoms with Crippen LogP contribution in [0.2, 0.25) is 5.02 Å². The van der Waals surface area contributed by atoms with E-state index in [4.69, 9.17) is 16.3 Å². The van der Waals surface area contributed by atoms with E-state index < -0.39 is 0 Å². The summed E-state index contributed by atoms with van der Waals surface area (Å²) in [6, 6.07) is 7.71. The highest BCUT2D eigenvalue weighted by atomic mass is 35.5. The molecular formula is C20H31ClN6O. The van der Waals surface area contributed by atoms with Crippen molar-refractivity contribution < 1.29 is 4.74 Å². The van der Waals surface area contributed by atoms with Crippen LogP contribution in [0.4, 0.5) is 0 Å². The van der Waals surface area contributed by atoms with Crippen molar-refractivity contribution in [3.63, 3.8) is 0 Å². The number of hydrogen-bond acceptors (Lipinski definition) is 4. The normalized spacial score (nSPS) is 14.0. The molecular weight excluding hydrogens is 376 g/mol. The van der Waals surface area contributed by atoms with Crippen LogP contribution in [0, 0.1) is 0 Å². The van der Waals surface area contributed by atoms with Gasteiger partial charge in [-0.1, -0.05) is 30.7 Å². The predicted octanol–water partition coefficient (Wildman–Crippen LogP) is 2.70. The molecule has 0 bridgehead atoms. The summed E-state index contributed by atoms with van der Waals surface area (Å²) in [6.45, 7) is 3.42. The Balaban J connectivity index is 1.89. The number of guanidine groups is 1. The zero-order valence-corrected chi connectivity index (χ0v) is 18.1. The van der Waals surface area contributed by atoms with E-state index in [1.54, 1.807) is 7.05 Å². The number of halogens is 1. The van der Waals surface area contributed by atoms with E-state index in [0.717, 1.165) is 17.9 Å². The number of aliphatic imine (C=N–C) groups is 1. The Labute approximate surface area is 172 Å². The third-order valence-corrected chi connectivity index (χ3v) is 4.81. The van der Waals surface area contributed by atoms with Crippen LogP contribution in [0.1, 0.15) is 24.9 Å². The summed E-state index contributed by atoms with van der Waals surface area (Å²) in [5.41, 5.74) is 1.16. The highest BCUT2D eigenvalue weighted by molar-refractivity contribution is 6.32. The number of benzene rings is 1. The first-order valence-electron chi connectivity index (χ1n) is 9.45. The molecule has 1 heterocycles. The number of nitrogens with zero attached hydrogens (tertiary/aromatic N) is 4. The number of aromatic nitrogens is 2. The van der Waals surface area contributed by atoms with Gasteiger partial charge in [0.15, 0.2) is 5.96 Å². The van der Waals surface area contributed by atoms with Crippen LogP contribution >= 0.6 is 11.6 Å². The summed E-state index contributed by atoms with van der Waals surface area (Å²) in [4.78, 5) is 6.48. The predicted molar refractivity (Wildman–Crippen MR) is 115 cm³/mol. The summed E-state index contributed by atoms with van der Waals surface area (Å²) < 4.78 is 7.85. The molecule has 28 heavy (non-hydrogen) atoms. The van der Waals surface area contributed by atoms with Crippen LogP contribution in [-0.2, 0) is 7.05 Å². The van der Waals surface area contributed by atoms with Gasteiger partial charge in [-0.05, 0) is 32.6 Å². The molecule has 0 fully saturated rings. The van der Waals surface area contributed by atoms with Gasteiger partial charge < -0.3 is 20.3 Å². The summed E-state index contributed by atoms with van der Waals surface area (Å²) in [6.07, 6.45) is 4.77. The van der Waals surface area contributed by atoms with Crippen LogP contribution in [0.3, 0.4) is 0 Å². The van der Waals surface area contributed by atoms with Crippen LogP contribution in [0.5, 0.6) is 5.75 Å². The Kier molecular flexibility index (Phi) is 8.60. The molecule has 0 amide bonds. The van der Waals surface area contributed by atoms with E-state index in [9.17, 15) is 0 Å². The summed E-state index contributed by atoms with van der Waals surface area (Å²) in [5, 5.41) is 11.6. The van der Waals surface area contributed by atoms with E-state index in [-0.39, 0.29) is 12.1 Å². The average Bonchev–Trinajstić information content (AvgIpc) is 3.10. The Morgan fingerprint density at radius 3 is 2.57 bits per heavy atom. The van der Waals surface area contributed by atoms with Gasteiger partial charge in [0.25, 0.3) is 0 Å². The molecule has 0 aliphatic rings. The molecule has 2 N–H and O–H groups in total. The van der Waals surface area contributed by atoms with Gasteiger partial charge in [0.1, 0.15) is 11.9 Å². The number of hydrogen-bond donors (Lipinski definition) is 2. The highest BCUT2D eigenvalue weighted by Crippen LogP contribution is 2.24. The summed E-state index contributed by atoms with van der Waals surface area (Å²) in [7, 11) is 7.80. The molecule has 0 radical (unpaired) electrons.